The molecule has 3 rings (SSSR count). The number of nitrogens with one attached hydrogen (secondary N) is 1. The molecule has 1 amide bonds. The molecule has 1 atom stereocenters. The van der Waals surface area contributed by atoms with E-state index in [1.807, 2.05) is 5.32 Å². The van der Waals surface area contributed by atoms with E-state index >= 15 is 0 Å². The van der Waals surface area contributed by atoms with E-state index in [-0.39, 0.29) is 36.9 Å². The summed E-state index contributed by atoms with van der Waals surface area (Å²) in [4.78, 5) is 12.4. The molecule has 5 nitrogen and oxygen atoms in total. The fraction of sp³-hybridized carbons (Fsp3) is 0.350. The summed E-state index contributed by atoms with van der Waals surface area (Å²) in [7, 11) is -4.08. The fourth-order valence-corrected chi connectivity index (χ4v) is 4.93. The van der Waals surface area contributed by atoms with E-state index < -0.39 is 56.8 Å². The zero-order chi connectivity index (χ0) is 24.6. The van der Waals surface area contributed by atoms with Crippen LogP contribution < -0.4 is 5.32 Å². The van der Waals surface area contributed by atoms with Crippen molar-refractivity contribution in [1.82, 2.24) is 4.31 Å². The number of nitrogens with zero attached hydrogens (tertiary/aromatic N) is 1. The number of sulfonamides is 1. The highest BCUT2D eigenvalue weighted by molar-refractivity contribution is 7.89. The predicted octanol–water partition coefficient (Wildman–Crippen LogP) is 4.90. The third kappa shape index (κ3) is 5.82. The van der Waals surface area contributed by atoms with Crippen LogP contribution >= 0.6 is 0 Å². The Hall–Kier alpha value is -2.67. The molecular formula is C20H17F7N2O3S. The molecule has 1 saturated heterocycles. The van der Waals surface area contributed by atoms with Crippen molar-refractivity contribution >= 4 is 21.6 Å². The molecular weight excluding hydrogens is 481 g/mol. The minimum atomic E-state index is -5.08. The number of alkyl halides is 6. The van der Waals surface area contributed by atoms with Crippen LogP contribution in [0.3, 0.4) is 0 Å². The summed E-state index contributed by atoms with van der Waals surface area (Å²) in [5.74, 6) is -2.58. The molecule has 1 N–H and O–H groups in total. The van der Waals surface area contributed by atoms with Crippen molar-refractivity contribution in [1.29, 1.82) is 0 Å². The van der Waals surface area contributed by atoms with E-state index in [9.17, 15) is 43.9 Å². The first-order valence-electron chi connectivity index (χ1n) is 9.54. The lowest BCUT2D eigenvalue weighted by molar-refractivity contribution is -0.143. The highest BCUT2D eigenvalue weighted by atomic mass is 32.2. The second-order valence-electron chi connectivity index (χ2n) is 7.44. The highest BCUT2D eigenvalue weighted by Crippen LogP contribution is 2.37. The maximum atomic E-state index is 13.1. The topological polar surface area (TPSA) is 66.5 Å². The smallest absolute Gasteiger partial charge is 0.326 e. The van der Waals surface area contributed by atoms with Crippen LogP contribution in [-0.2, 0) is 27.2 Å². The Balaban J connectivity index is 1.81. The lowest BCUT2D eigenvalue weighted by atomic mass is 9.98. The molecule has 1 heterocycles. The Morgan fingerprint density at radius 2 is 1.48 bits per heavy atom. The maximum Gasteiger partial charge on any atom is 0.416 e. The Morgan fingerprint density at radius 3 is 2.00 bits per heavy atom. The molecule has 1 aliphatic rings. The van der Waals surface area contributed by atoms with E-state index in [4.69, 9.17) is 0 Å². The summed E-state index contributed by atoms with van der Waals surface area (Å²) < 4.78 is 118. The SMILES string of the molecule is O=C(Nc1cc(C(F)(F)F)cc(C(F)(F)F)c1)[C@@H]1CCCN(S(=O)(=O)c2ccc(F)cc2)C1. The molecule has 33 heavy (non-hydrogen) atoms. The molecule has 1 fully saturated rings. The van der Waals surface area contributed by atoms with Crippen LogP contribution in [0.1, 0.15) is 24.0 Å². The average molecular weight is 498 g/mol. The normalized spacial score (nSPS) is 18.2. The molecule has 0 bridgehead atoms. The molecule has 2 aromatic rings. The van der Waals surface area contributed by atoms with Gasteiger partial charge in [-0.2, -0.15) is 30.6 Å². The lowest BCUT2D eigenvalue weighted by Gasteiger charge is -2.31. The van der Waals surface area contributed by atoms with Gasteiger partial charge in [-0.25, -0.2) is 12.8 Å². The predicted molar refractivity (Wildman–Crippen MR) is 103 cm³/mol. The molecule has 0 aliphatic carbocycles. The molecule has 2 aromatic carbocycles. The van der Waals surface area contributed by atoms with Crippen LogP contribution in [0.4, 0.5) is 36.4 Å². The van der Waals surface area contributed by atoms with E-state index in [2.05, 4.69) is 0 Å². The monoisotopic (exact) mass is 498 g/mol. The van der Waals surface area contributed by atoms with Crippen molar-refractivity contribution in [3.63, 3.8) is 0 Å². The quantitative estimate of drug-likeness (QED) is 0.610. The van der Waals surface area contributed by atoms with Crippen molar-refractivity contribution in [3.8, 4) is 0 Å². The van der Waals surface area contributed by atoms with Crippen molar-refractivity contribution in [2.24, 2.45) is 5.92 Å². The van der Waals surface area contributed by atoms with Gasteiger partial charge in [0, 0.05) is 18.8 Å². The molecule has 0 saturated carbocycles. The second kappa shape index (κ2) is 8.93. The molecule has 0 spiro atoms. The van der Waals surface area contributed by atoms with E-state index in [0.29, 0.717) is 12.1 Å². The minimum absolute atomic E-state index is 0.0469. The zero-order valence-electron chi connectivity index (χ0n) is 16.7. The van der Waals surface area contributed by atoms with Crippen LogP contribution in [-0.4, -0.2) is 31.7 Å². The molecule has 0 radical (unpaired) electrons. The van der Waals surface area contributed by atoms with Gasteiger partial charge >= 0.3 is 12.4 Å². The van der Waals surface area contributed by atoms with Gasteiger partial charge in [0.15, 0.2) is 0 Å². The van der Waals surface area contributed by atoms with Crippen LogP contribution in [0.25, 0.3) is 0 Å². The van der Waals surface area contributed by atoms with E-state index in [1.54, 1.807) is 0 Å². The van der Waals surface area contributed by atoms with Gasteiger partial charge in [0.1, 0.15) is 5.82 Å². The van der Waals surface area contributed by atoms with Crippen LogP contribution in [0.2, 0.25) is 0 Å². The number of carbonyl (C=O) groups excluding carboxylic acids is 1. The van der Waals surface area contributed by atoms with E-state index in [0.717, 1.165) is 28.6 Å². The summed E-state index contributed by atoms with van der Waals surface area (Å²) in [6.45, 7) is -0.290. The number of hydrogen-bond acceptors (Lipinski definition) is 3. The van der Waals surface area contributed by atoms with Crippen LogP contribution in [0, 0.1) is 11.7 Å². The summed E-state index contributed by atoms with van der Waals surface area (Å²) >= 11 is 0. The van der Waals surface area contributed by atoms with Gasteiger partial charge in [0.2, 0.25) is 15.9 Å². The first-order chi connectivity index (χ1) is 15.2. The number of benzene rings is 2. The Labute approximate surface area is 184 Å². The summed E-state index contributed by atoms with van der Waals surface area (Å²) in [5, 5.41) is 2.05. The summed E-state index contributed by atoms with van der Waals surface area (Å²) in [6.07, 6.45) is -9.75. The van der Waals surface area contributed by atoms with Gasteiger partial charge in [0.05, 0.1) is 21.9 Å². The number of amides is 1. The molecule has 13 heteroatoms. The Morgan fingerprint density at radius 1 is 0.939 bits per heavy atom. The van der Waals surface area contributed by atoms with Gasteiger partial charge in [-0.05, 0) is 55.3 Å². The highest BCUT2D eigenvalue weighted by Gasteiger charge is 2.38. The molecule has 0 unspecified atom stereocenters. The second-order valence-corrected chi connectivity index (χ2v) is 9.38. The number of halogens is 7. The van der Waals surface area contributed by atoms with Crippen molar-refractivity contribution in [2.75, 3.05) is 18.4 Å². The van der Waals surface area contributed by atoms with Crippen LogP contribution in [0.15, 0.2) is 47.4 Å². The maximum absolute atomic E-state index is 13.1. The van der Waals surface area contributed by atoms with Gasteiger partial charge in [-0.3, -0.25) is 4.79 Å². The molecule has 1 aliphatic heterocycles. The number of piperidine rings is 1. The summed E-state index contributed by atoms with van der Waals surface area (Å²) in [6, 6.07) is 4.70. The largest absolute Gasteiger partial charge is 0.416 e. The Bertz CT molecular complexity index is 1100. The number of carbonyl (C=O) groups is 1. The third-order valence-electron chi connectivity index (χ3n) is 5.06. The number of hydrogen-bond donors (Lipinski definition) is 1. The van der Waals surface area contributed by atoms with Gasteiger partial charge in [-0.15, -0.1) is 0 Å². The first-order valence-corrected chi connectivity index (χ1v) is 11.0. The number of anilines is 1. The third-order valence-corrected chi connectivity index (χ3v) is 6.94. The van der Waals surface area contributed by atoms with Crippen molar-refractivity contribution in [2.45, 2.75) is 30.1 Å². The van der Waals surface area contributed by atoms with Gasteiger partial charge in [-0.1, -0.05) is 0 Å². The van der Waals surface area contributed by atoms with E-state index in [1.165, 1.54) is 0 Å². The van der Waals surface area contributed by atoms with Crippen molar-refractivity contribution in [3.05, 3.63) is 59.4 Å². The lowest BCUT2D eigenvalue weighted by Crippen LogP contribution is -2.43. The zero-order valence-corrected chi connectivity index (χ0v) is 17.5. The van der Waals surface area contributed by atoms with Crippen LogP contribution in [0.5, 0.6) is 0 Å². The standard InChI is InChI=1S/C20H17F7N2O3S/c21-15-3-5-17(6-4-15)33(31,32)29-7-1-2-12(11-29)18(30)28-16-9-13(19(22,23)24)8-14(10-16)20(25,26)27/h3-6,8-10,12H,1-2,7,11H2,(H,28,30)/t12-/m1/s1. The van der Waals surface area contributed by atoms with Gasteiger partial charge < -0.3 is 5.32 Å². The fourth-order valence-electron chi connectivity index (χ4n) is 3.40. The number of rotatable bonds is 4. The molecule has 180 valence electrons. The Kier molecular flexibility index (Phi) is 6.76. The minimum Gasteiger partial charge on any atom is -0.326 e. The van der Waals surface area contributed by atoms with Gasteiger partial charge in [0.25, 0.3) is 0 Å². The van der Waals surface area contributed by atoms with Crippen molar-refractivity contribution < 1.29 is 43.9 Å². The average Bonchev–Trinajstić information content (AvgIpc) is 2.72. The summed E-state index contributed by atoms with van der Waals surface area (Å²) in [5.41, 5.74) is -3.88. The molecule has 0 aromatic heterocycles. The first kappa shape index (κ1) is 25.0.